The van der Waals surface area contributed by atoms with Gasteiger partial charge in [-0.25, -0.2) is 0 Å². The summed E-state index contributed by atoms with van der Waals surface area (Å²) in [4.78, 5) is 12.3. The number of nitrogens with one attached hydrogen (secondary N) is 2. The van der Waals surface area contributed by atoms with Gasteiger partial charge in [0, 0.05) is 30.5 Å². The topological polar surface area (TPSA) is 50.4 Å². The summed E-state index contributed by atoms with van der Waals surface area (Å²) in [5.41, 5.74) is 1.88. The minimum absolute atomic E-state index is 0. The van der Waals surface area contributed by atoms with Gasteiger partial charge in [-0.3, -0.25) is 4.79 Å². The molecule has 0 bridgehead atoms. The van der Waals surface area contributed by atoms with Crippen LogP contribution in [0, 0.1) is 6.92 Å². The number of para-hydroxylation sites is 2. The molecular formula is C19H23ClN2O2S. The smallest absolute Gasteiger partial charge is 0.226 e. The fourth-order valence-electron chi connectivity index (χ4n) is 2.57. The lowest BCUT2D eigenvalue weighted by molar-refractivity contribution is -0.116. The molecule has 1 aliphatic heterocycles. The predicted molar refractivity (Wildman–Crippen MR) is 107 cm³/mol. The minimum Gasteiger partial charge on any atom is -0.455 e. The summed E-state index contributed by atoms with van der Waals surface area (Å²) in [6, 6.07) is 15.6. The van der Waals surface area contributed by atoms with Crippen molar-refractivity contribution in [3.05, 3.63) is 54.1 Å². The van der Waals surface area contributed by atoms with Crippen LogP contribution in [-0.2, 0) is 4.79 Å². The number of ether oxygens (including phenoxy) is 1. The molecule has 0 aliphatic carbocycles. The van der Waals surface area contributed by atoms with Crippen molar-refractivity contribution in [2.24, 2.45) is 0 Å². The molecular weight excluding hydrogens is 356 g/mol. The minimum atomic E-state index is 0. The van der Waals surface area contributed by atoms with E-state index in [0.29, 0.717) is 17.9 Å². The standard InChI is InChI=1S/C19H22N2O2S.ClH/c1-14-6-8-16(9-7-14)23-18-5-3-2-4-17(18)21-19(22)12-15-13-24-11-10-20-15;/h2-9,15,20H,10-13H2,1H3,(H,21,22);1H. The Bertz CT molecular complexity index is 688. The highest BCUT2D eigenvalue weighted by molar-refractivity contribution is 7.99. The zero-order valence-electron chi connectivity index (χ0n) is 14.2. The zero-order valence-corrected chi connectivity index (χ0v) is 15.8. The summed E-state index contributed by atoms with van der Waals surface area (Å²) in [5.74, 6) is 3.52. The number of hydrogen-bond donors (Lipinski definition) is 2. The van der Waals surface area contributed by atoms with Crippen molar-refractivity contribution in [3.8, 4) is 11.5 Å². The Labute approximate surface area is 159 Å². The molecule has 3 rings (SSSR count). The molecule has 0 aromatic heterocycles. The Kier molecular flexibility index (Phi) is 7.62. The Morgan fingerprint density at radius 1 is 1.24 bits per heavy atom. The maximum Gasteiger partial charge on any atom is 0.226 e. The lowest BCUT2D eigenvalue weighted by Crippen LogP contribution is -2.39. The molecule has 1 saturated heterocycles. The maximum absolute atomic E-state index is 12.3. The van der Waals surface area contributed by atoms with E-state index in [1.807, 2.05) is 67.2 Å². The van der Waals surface area contributed by atoms with E-state index in [0.717, 1.165) is 23.8 Å². The first-order valence-electron chi connectivity index (χ1n) is 8.15. The third-order valence-corrected chi connectivity index (χ3v) is 4.97. The number of anilines is 1. The quantitative estimate of drug-likeness (QED) is 0.816. The molecule has 1 unspecified atom stereocenters. The largest absolute Gasteiger partial charge is 0.455 e. The number of carbonyl (C=O) groups is 1. The highest BCUT2D eigenvalue weighted by Gasteiger charge is 2.17. The van der Waals surface area contributed by atoms with E-state index in [-0.39, 0.29) is 24.4 Å². The van der Waals surface area contributed by atoms with Crippen molar-refractivity contribution < 1.29 is 9.53 Å². The summed E-state index contributed by atoms with van der Waals surface area (Å²) in [6.45, 7) is 3.01. The lowest BCUT2D eigenvalue weighted by atomic mass is 10.2. The molecule has 0 spiro atoms. The summed E-state index contributed by atoms with van der Waals surface area (Å²) in [7, 11) is 0. The number of hydrogen-bond acceptors (Lipinski definition) is 4. The molecule has 0 saturated carbocycles. The first-order valence-corrected chi connectivity index (χ1v) is 9.31. The summed E-state index contributed by atoms with van der Waals surface area (Å²) < 4.78 is 5.92. The third-order valence-electron chi connectivity index (χ3n) is 3.84. The van der Waals surface area contributed by atoms with Gasteiger partial charge in [-0.1, -0.05) is 29.8 Å². The normalized spacial score (nSPS) is 16.6. The molecule has 6 heteroatoms. The number of amides is 1. The van der Waals surface area contributed by atoms with E-state index < -0.39 is 0 Å². The van der Waals surface area contributed by atoms with E-state index in [2.05, 4.69) is 10.6 Å². The van der Waals surface area contributed by atoms with Crippen LogP contribution in [0.25, 0.3) is 0 Å². The van der Waals surface area contributed by atoms with E-state index in [1.54, 1.807) is 0 Å². The van der Waals surface area contributed by atoms with Gasteiger partial charge in [0.2, 0.25) is 5.91 Å². The van der Waals surface area contributed by atoms with Gasteiger partial charge in [-0.2, -0.15) is 11.8 Å². The molecule has 2 aromatic carbocycles. The molecule has 2 aromatic rings. The first-order chi connectivity index (χ1) is 11.7. The molecule has 1 fully saturated rings. The van der Waals surface area contributed by atoms with Crippen molar-refractivity contribution in [2.45, 2.75) is 19.4 Å². The number of carbonyl (C=O) groups excluding carboxylic acids is 1. The number of rotatable bonds is 5. The molecule has 2 N–H and O–H groups in total. The van der Waals surface area contributed by atoms with Gasteiger partial charge in [0.05, 0.1) is 5.69 Å². The van der Waals surface area contributed by atoms with Gasteiger partial charge in [0.25, 0.3) is 0 Å². The molecule has 1 aliphatic rings. The molecule has 0 radical (unpaired) electrons. The fraction of sp³-hybridized carbons (Fsp3) is 0.316. The van der Waals surface area contributed by atoms with Crippen LogP contribution in [0.2, 0.25) is 0 Å². The van der Waals surface area contributed by atoms with E-state index in [9.17, 15) is 4.79 Å². The van der Waals surface area contributed by atoms with Crippen LogP contribution in [0.4, 0.5) is 5.69 Å². The summed E-state index contributed by atoms with van der Waals surface area (Å²) in [6.07, 6.45) is 0.478. The van der Waals surface area contributed by atoms with Crippen LogP contribution in [0.1, 0.15) is 12.0 Å². The second-order valence-electron chi connectivity index (χ2n) is 5.89. The van der Waals surface area contributed by atoms with Crippen molar-refractivity contribution in [1.82, 2.24) is 5.32 Å². The Morgan fingerprint density at radius 2 is 2.00 bits per heavy atom. The zero-order chi connectivity index (χ0) is 16.8. The van der Waals surface area contributed by atoms with Crippen LogP contribution in [0.15, 0.2) is 48.5 Å². The van der Waals surface area contributed by atoms with Gasteiger partial charge < -0.3 is 15.4 Å². The van der Waals surface area contributed by atoms with Crippen LogP contribution >= 0.6 is 24.2 Å². The fourth-order valence-corrected chi connectivity index (χ4v) is 3.52. The Hall–Kier alpha value is -1.69. The first kappa shape index (κ1) is 19.6. The van der Waals surface area contributed by atoms with E-state index >= 15 is 0 Å². The molecule has 25 heavy (non-hydrogen) atoms. The van der Waals surface area contributed by atoms with Gasteiger partial charge in [0.1, 0.15) is 5.75 Å². The molecule has 1 atom stereocenters. The second-order valence-corrected chi connectivity index (χ2v) is 7.04. The lowest BCUT2D eigenvalue weighted by Gasteiger charge is -2.22. The number of thioether (sulfide) groups is 1. The van der Waals surface area contributed by atoms with E-state index in [4.69, 9.17) is 4.74 Å². The van der Waals surface area contributed by atoms with Gasteiger partial charge in [0.15, 0.2) is 5.75 Å². The Morgan fingerprint density at radius 3 is 2.72 bits per heavy atom. The number of halogens is 1. The summed E-state index contributed by atoms with van der Waals surface area (Å²) in [5, 5.41) is 6.36. The molecule has 134 valence electrons. The van der Waals surface area contributed by atoms with Crippen LogP contribution in [0.3, 0.4) is 0 Å². The number of benzene rings is 2. The van der Waals surface area contributed by atoms with Crippen LogP contribution < -0.4 is 15.4 Å². The summed E-state index contributed by atoms with van der Waals surface area (Å²) >= 11 is 1.89. The average molecular weight is 379 g/mol. The Balaban J connectivity index is 0.00000225. The van der Waals surface area contributed by atoms with Crippen LogP contribution in [0.5, 0.6) is 11.5 Å². The molecule has 1 heterocycles. The SMILES string of the molecule is Cc1ccc(Oc2ccccc2NC(=O)CC2CSCCN2)cc1.Cl. The van der Waals surface area contributed by atoms with Gasteiger partial charge in [-0.05, 0) is 31.2 Å². The average Bonchev–Trinajstić information content (AvgIpc) is 2.59. The predicted octanol–water partition coefficient (Wildman–Crippen LogP) is 4.24. The second kappa shape index (κ2) is 9.70. The van der Waals surface area contributed by atoms with Gasteiger partial charge in [-0.15, -0.1) is 12.4 Å². The van der Waals surface area contributed by atoms with Crippen LogP contribution in [-0.4, -0.2) is 30.0 Å². The van der Waals surface area contributed by atoms with Gasteiger partial charge >= 0.3 is 0 Å². The van der Waals surface area contributed by atoms with Crippen molar-refractivity contribution in [1.29, 1.82) is 0 Å². The monoisotopic (exact) mass is 378 g/mol. The highest BCUT2D eigenvalue weighted by Crippen LogP contribution is 2.29. The van der Waals surface area contributed by atoms with Crippen molar-refractivity contribution in [3.63, 3.8) is 0 Å². The molecule has 4 nitrogen and oxygen atoms in total. The maximum atomic E-state index is 12.3. The number of aryl methyl sites for hydroxylation is 1. The molecule has 1 amide bonds. The van der Waals surface area contributed by atoms with Crippen molar-refractivity contribution >= 4 is 35.8 Å². The highest BCUT2D eigenvalue weighted by atomic mass is 35.5. The van der Waals surface area contributed by atoms with Crippen molar-refractivity contribution in [2.75, 3.05) is 23.4 Å². The van der Waals surface area contributed by atoms with E-state index in [1.165, 1.54) is 5.56 Å². The third kappa shape index (κ3) is 5.96.